The summed E-state index contributed by atoms with van der Waals surface area (Å²) in [5.41, 5.74) is 3.20. The number of ketones is 1. The van der Waals surface area contributed by atoms with E-state index in [0.717, 1.165) is 18.2 Å². The minimum Gasteiger partial charge on any atom is -0.465 e. The number of aryl methyl sites for hydroxylation is 1. The van der Waals surface area contributed by atoms with Gasteiger partial charge in [0.05, 0.1) is 39.7 Å². The molecular formula is C24H25N3O4S. The van der Waals surface area contributed by atoms with Gasteiger partial charge >= 0.3 is 5.97 Å². The summed E-state index contributed by atoms with van der Waals surface area (Å²) in [6.45, 7) is 5.26. The number of H-pyrrole nitrogens is 1. The number of ether oxygens (including phenoxy) is 1. The number of thioether (sulfide) groups is 1. The number of aromatic amines is 1. The Morgan fingerprint density at radius 3 is 2.62 bits per heavy atom. The van der Waals surface area contributed by atoms with Crippen molar-refractivity contribution in [1.29, 1.82) is 0 Å². The zero-order valence-corrected chi connectivity index (χ0v) is 19.3. The van der Waals surface area contributed by atoms with Gasteiger partial charge in [-0.2, -0.15) is 0 Å². The summed E-state index contributed by atoms with van der Waals surface area (Å²) in [5, 5.41) is 3.93. The van der Waals surface area contributed by atoms with Crippen LogP contribution in [0.4, 0.5) is 0 Å². The number of benzene rings is 1. The molecule has 7 nitrogen and oxygen atoms in total. The van der Waals surface area contributed by atoms with Gasteiger partial charge in [-0.25, -0.2) is 9.78 Å². The number of fused-ring (bicyclic) bond motifs is 1. The van der Waals surface area contributed by atoms with E-state index < -0.39 is 11.2 Å². The number of amides is 1. The van der Waals surface area contributed by atoms with Crippen LogP contribution in [0.25, 0.3) is 10.9 Å². The first-order chi connectivity index (χ1) is 15.3. The van der Waals surface area contributed by atoms with Crippen LogP contribution in [-0.4, -0.2) is 46.0 Å². The number of rotatable bonds is 7. The van der Waals surface area contributed by atoms with E-state index in [4.69, 9.17) is 4.74 Å². The third kappa shape index (κ3) is 4.27. The second kappa shape index (κ2) is 8.78. The lowest BCUT2D eigenvalue weighted by Gasteiger charge is -2.13. The molecule has 0 radical (unpaired) electrons. The van der Waals surface area contributed by atoms with Gasteiger partial charge in [-0.1, -0.05) is 30.0 Å². The molecule has 32 heavy (non-hydrogen) atoms. The predicted octanol–water partition coefficient (Wildman–Crippen LogP) is 4.22. The van der Waals surface area contributed by atoms with Crippen molar-refractivity contribution < 1.29 is 19.1 Å². The van der Waals surface area contributed by atoms with Crippen LogP contribution in [0.3, 0.4) is 0 Å². The van der Waals surface area contributed by atoms with E-state index in [0.29, 0.717) is 38.6 Å². The maximum absolute atomic E-state index is 13.2. The number of hydrogen-bond donors (Lipinski definition) is 2. The summed E-state index contributed by atoms with van der Waals surface area (Å²) in [7, 11) is 1.32. The quantitative estimate of drug-likeness (QED) is 0.317. The molecule has 4 rings (SSSR count). The SMILES string of the molecule is COC(=O)c1c(C)[nH]c(C(=O)C(C)Sc2cc(C(=O)NC3CC3)c3ccccc3n2)c1C. The molecule has 1 aliphatic carbocycles. The summed E-state index contributed by atoms with van der Waals surface area (Å²) in [4.78, 5) is 45.7. The smallest absolute Gasteiger partial charge is 0.339 e. The van der Waals surface area contributed by atoms with Crippen molar-refractivity contribution in [1.82, 2.24) is 15.3 Å². The Bertz CT molecular complexity index is 1230. The lowest BCUT2D eigenvalue weighted by Crippen LogP contribution is -2.25. The maximum Gasteiger partial charge on any atom is 0.339 e. The fraction of sp³-hybridized carbons (Fsp3) is 0.333. The molecule has 1 amide bonds. The van der Waals surface area contributed by atoms with Crippen LogP contribution in [0.5, 0.6) is 0 Å². The number of esters is 1. The second-order valence-corrected chi connectivity index (χ2v) is 9.37. The number of aromatic nitrogens is 2. The van der Waals surface area contributed by atoms with Crippen LogP contribution in [0, 0.1) is 13.8 Å². The summed E-state index contributed by atoms with van der Waals surface area (Å²) in [5.74, 6) is -0.742. The van der Waals surface area contributed by atoms with E-state index in [9.17, 15) is 14.4 Å². The number of nitrogens with zero attached hydrogens (tertiary/aromatic N) is 1. The highest BCUT2D eigenvalue weighted by atomic mass is 32.2. The molecule has 1 fully saturated rings. The molecule has 1 aliphatic rings. The van der Waals surface area contributed by atoms with Crippen molar-refractivity contribution in [2.45, 2.75) is 49.9 Å². The molecular weight excluding hydrogens is 426 g/mol. The van der Waals surface area contributed by atoms with Gasteiger partial charge in [0, 0.05) is 17.1 Å². The zero-order chi connectivity index (χ0) is 23.0. The Hall–Kier alpha value is -3.13. The lowest BCUT2D eigenvalue weighted by molar-refractivity contribution is 0.0599. The van der Waals surface area contributed by atoms with E-state index in [2.05, 4.69) is 15.3 Å². The number of carbonyl (C=O) groups is 3. The van der Waals surface area contributed by atoms with Gasteiger partial charge in [-0.15, -0.1) is 0 Å². The first-order valence-electron chi connectivity index (χ1n) is 10.5. The standard InChI is InChI=1S/C24H25N3O4S/c1-12-20(24(30)31-4)13(2)25-21(12)22(28)14(3)32-19-11-17(23(29)26-15-9-10-15)16-7-5-6-8-18(16)27-19/h5-8,11,14-15,25H,9-10H2,1-4H3,(H,26,29). The summed E-state index contributed by atoms with van der Waals surface area (Å²) in [6, 6.07) is 9.50. The Morgan fingerprint density at radius 1 is 1.22 bits per heavy atom. The summed E-state index contributed by atoms with van der Waals surface area (Å²) in [6.07, 6.45) is 2.01. The molecule has 1 aromatic carbocycles. The molecule has 0 bridgehead atoms. The Labute approximate surface area is 190 Å². The van der Waals surface area contributed by atoms with Crippen molar-refractivity contribution in [3.8, 4) is 0 Å². The molecule has 3 aromatic rings. The van der Waals surface area contributed by atoms with Gasteiger partial charge in [0.1, 0.15) is 0 Å². The fourth-order valence-corrected chi connectivity index (χ4v) is 4.66. The van der Waals surface area contributed by atoms with Crippen LogP contribution in [0.2, 0.25) is 0 Å². The Morgan fingerprint density at radius 2 is 1.94 bits per heavy atom. The molecule has 1 atom stereocenters. The highest BCUT2D eigenvalue weighted by Gasteiger charge is 2.28. The highest BCUT2D eigenvalue weighted by molar-refractivity contribution is 8.00. The molecule has 1 saturated carbocycles. The molecule has 8 heteroatoms. The van der Waals surface area contributed by atoms with E-state index >= 15 is 0 Å². The number of nitrogens with one attached hydrogen (secondary N) is 2. The molecule has 0 aliphatic heterocycles. The van der Waals surface area contributed by atoms with Crippen LogP contribution in [0.15, 0.2) is 35.4 Å². The largest absolute Gasteiger partial charge is 0.465 e. The molecule has 0 spiro atoms. The summed E-state index contributed by atoms with van der Waals surface area (Å²) >= 11 is 1.29. The van der Waals surface area contributed by atoms with Crippen LogP contribution < -0.4 is 5.32 Å². The van der Waals surface area contributed by atoms with Crippen LogP contribution in [-0.2, 0) is 4.74 Å². The highest BCUT2D eigenvalue weighted by Crippen LogP contribution is 2.30. The van der Waals surface area contributed by atoms with Crippen molar-refractivity contribution >= 4 is 40.3 Å². The van der Waals surface area contributed by atoms with E-state index in [1.54, 1.807) is 26.8 Å². The fourth-order valence-electron chi connectivity index (χ4n) is 3.73. The maximum atomic E-state index is 13.2. The Balaban J connectivity index is 1.62. The molecule has 2 heterocycles. The third-order valence-electron chi connectivity index (χ3n) is 5.59. The summed E-state index contributed by atoms with van der Waals surface area (Å²) < 4.78 is 4.83. The van der Waals surface area contributed by atoms with Gasteiger partial charge in [0.2, 0.25) is 0 Å². The minimum absolute atomic E-state index is 0.120. The number of methoxy groups -OCH3 is 1. The topological polar surface area (TPSA) is 101 Å². The van der Waals surface area contributed by atoms with Gasteiger partial charge in [0.25, 0.3) is 5.91 Å². The normalized spacial score (nSPS) is 14.2. The van der Waals surface area contributed by atoms with Crippen molar-refractivity contribution in [2.75, 3.05) is 7.11 Å². The lowest BCUT2D eigenvalue weighted by atomic mass is 10.1. The van der Waals surface area contributed by atoms with Crippen LogP contribution in [0.1, 0.15) is 62.2 Å². The molecule has 2 N–H and O–H groups in total. The van der Waals surface area contributed by atoms with Gasteiger partial charge in [0.15, 0.2) is 5.78 Å². The first-order valence-corrected chi connectivity index (χ1v) is 11.4. The molecule has 1 unspecified atom stereocenters. The molecule has 166 valence electrons. The Kier molecular flexibility index (Phi) is 6.06. The third-order valence-corrected chi connectivity index (χ3v) is 6.61. The van der Waals surface area contributed by atoms with Crippen molar-refractivity contribution in [2.24, 2.45) is 0 Å². The van der Waals surface area contributed by atoms with E-state index in [-0.39, 0.29) is 17.7 Å². The number of pyridine rings is 1. The monoisotopic (exact) mass is 451 g/mol. The van der Waals surface area contributed by atoms with Crippen LogP contribution >= 0.6 is 11.8 Å². The zero-order valence-electron chi connectivity index (χ0n) is 18.4. The van der Waals surface area contributed by atoms with E-state index in [1.165, 1.54) is 18.9 Å². The minimum atomic E-state index is -0.481. The van der Waals surface area contributed by atoms with E-state index in [1.807, 2.05) is 24.3 Å². The van der Waals surface area contributed by atoms with Crippen molar-refractivity contribution in [3.05, 3.63) is 58.4 Å². The average molecular weight is 452 g/mol. The van der Waals surface area contributed by atoms with Gasteiger partial charge in [-0.3, -0.25) is 9.59 Å². The van der Waals surface area contributed by atoms with Crippen molar-refractivity contribution in [3.63, 3.8) is 0 Å². The average Bonchev–Trinajstić information content (AvgIpc) is 3.54. The van der Waals surface area contributed by atoms with Gasteiger partial charge in [-0.05, 0) is 51.3 Å². The number of hydrogen-bond acceptors (Lipinski definition) is 6. The molecule has 2 aromatic heterocycles. The molecule has 0 saturated heterocycles. The number of para-hydroxylation sites is 1. The van der Waals surface area contributed by atoms with Gasteiger partial charge < -0.3 is 15.0 Å². The first kappa shape index (κ1) is 22.1. The predicted molar refractivity (Wildman–Crippen MR) is 123 cm³/mol. The second-order valence-electron chi connectivity index (χ2n) is 8.01. The number of Topliss-reactive ketones (excluding diaryl/α,β-unsaturated/α-hetero) is 1. The number of carbonyl (C=O) groups excluding carboxylic acids is 3.